The zero-order valence-corrected chi connectivity index (χ0v) is 20.2. The van der Waals surface area contributed by atoms with Crippen molar-refractivity contribution in [2.24, 2.45) is 5.92 Å². The van der Waals surface area contributed by atoms with E-state index in [9.17, 15) is 4.79 Å². The van der Waals surface area contributed by atoms with Crippen molar-refractivity contribution in [1.82, 2.24) is 15.1 Å². The number of nitrogens with one attached hydrogen (secondary N) is 1. The number of hydrogen-bond acceptors (Lipinski definition) is 5. The summed E-state index contributed by atoms with van der Waals surface area (Å²) in [5, 5.41) is 3.37. The molecule has 2 aliphatic heterocycles. The van der Waals surface area contributed by atoms with Crippen LogP contribution in [-0.4, -0.2) is 74.7 Å². The van der Waals surface area contributed by atoms with Crippen molar-refractivity contribution >= 4 is 5.91 Å². The highest BCUT2D eigenvalue weighted by atomic mass is 16.5. The summed E-state index contributed by atoms with van der Waals surface area (Å²) < 4.78 is 11.1. The van der Waals surface area contributed by atoms with Crippen molar-refractivity contribution in [2.45, 2.75) is 70.4 Å². The van der Waals surface area contributed by atoms with Crippen LogP contribution in [0.3, 0.4) is 0 Å². The first-order chi connectivity index (χ1) is 15.6. The monoisotopic (exact) mass is 443 g/mol. The van der Waals surface area contributed by atoms with Crippen molar-refractivity contribution in [2.75, 3.05) is 46.9 Å². The third-order valence-electron chi connectivity index (χ3n) is 7.79. The summed E-state index contributed by atoms with van der Waals surface area (Å²) in [6, 6.07) is 5.50. The normalized spacial score (nSPS) is 22.6. The number of benzene rings is 1. The third-order valence-corrected chi connectivity index (χ3v) is 7.79. The number of carbonyl (C=O) groups is 1. The predicted molar refractivity (Wildman–Crippen MR) is 128 cm³/mol. The van der Waals surface area contributed by atoms with E-state index in [4.69, 9.17) is 9.47 Å². The topological polar surface area (TPSA) is 54.0 Å². The van der Waals surface area contributed by atoms with Crippen molar-refractivity contribution < 1.29 is 14.3 Å². The van der Waals surface area contributed by atoms with E-state index < -0.39 is 0 Å². The fourth-order valence-electron chi connectivity index (χ4n) is 6.01. The van der Waals surface area contributed by atoms with Crippen LogP contribution < -0.4 is 14.8 Å². The number of hydrogen-bond donors (Lipinski definition) is 1. The summed E-state index contributed by atoms with van der Waals surface area (Å²) in [5.74, 6) is 2.31. The van der Waals surface area contributed by atoms with Gasteiger partial charge in [0, 0.05) is 31.1 Å². The molecule has 1 atom stereocenters. The number of aryl methyl sites for hydroxylation is 1. The van der Waals surface area contributed by atoms with Gasteiger partial charge in [0.1, 0.15) is 0 Å². The number of fused-ring (bicyclic) bond motifs is 1. The zero-order chi connectivity index (χ0) is 22.5. The molecule has 1 aliphatic carbocycles. The van der Waals surface area contributed by atoms with E-state index in [1.165, 1.54) is 24.0 Å². The summed E-state index contributed by atoms with van der Waals surface area (Å²) in [7, 11) is 3.42. The van der Waals surface area contributed by atoms with E-state index in [0.717, 1.165) is 82.7 Å². The Kier molecular flexibility index (Phi) is 7.95. The van der Waals surface area contributed by atoms with Crippen LogP contribution in [0.25, 0.3) is 0 Å². The Hall–Kier alpha value is -1.79. The van der Waals surface area contributed by atoms with Gasteiger partial charge in [0.15, 0.2) is 11.5 Å². The third kappa shape index (κ3) is 5.07. The number of rotatable bonds is 7. The molecule has 0 spiro atoms. The summed E-state index contributed by atoms with van der Waals surface area (Å²) in [6.45, 7) is 7.23. The zero-order valence-electron chi connectivity index (χ0n) is 20.2. The van der Waals surface area contributed by atoms with Crippen LogP contribution in [0, 0.1) is 5.92 Å². The molecule has 1 aromatic carbocycles. The first-order valence-electron chi connectivity index (χ1n) is 12.6. The van der Waals surface area contributed by atoms with Gasteiger partial charge >= 0.3 is 0 Å². The van der Waals surface area contributed by atoms with Gasteiger partial charge < -0.3 is 19.7 Å². The lowest BCUT2D eigenvalue weighted by Crippen LogP contribution is -2.52. The maximum atomic E-state index is 13.0. The lowest BCUT2D eigenvalue weighted by molar-refractivity contribution is -0.138. The molecule has 1 aromatic rings. The molecule has 2 saturated heterocycles. The minimum atomic E-state index is 0.237. The molecule has 0 saturated carbocycles. The molecule has 178 valence electrons. The van der Waals surface area contributed by atoms with Gasteiger partial charge in [0.2, 0.25) is 5.91 Å². The predicted octanol–water partition coefficient (Wildman–Crippen LogP) is 3.26. The largest absolute Gasteiger partial charge is 0.493 e. The molecule has 1 N–H and O–H groups in total. The maximum Gasteiger partial charge on any atom is 0.225 e. The molecule has 2 fully saturated rings. The number of methoxy groups -OCH3 is 2. The standard InChI is InChI=1S/C26H41N3O3/c1-4-13-29(22-9-14-28(15-10-22)26(30)19-7-11-27-12-8-19)23-6-5-20-17-24(31-2)25(32-3)18-21(20)16-23/h17-19,22-23,27H,4-16H2,1-3H3/t23-/m1/s1. The van der Waals surface area contributed by atoms with Crippen LogP contribution in [0.2, 0.25) is 0 Å². The molecule has 0 unspecified atom stereocenters. The summed E-state index contributed by atoms with van der Waals surface area (Å²) in [6.07, 6.45) is 8.72. The Balaban J connectivity index is 1.39. The smallest absolute Gasteiger partial charge is 0.225 e. The SMILES string of the molecule is CCCN(C1CCN(C(=O)C2CCNCC2)CC1)[C@@H]1CCc2cc(OC)c(OC)cc2C1. The Bertz CT molecular complexity index is 770. The molecule has 32 heavy (non-hydrogen) atoms. The minimum Gasteiger partial charge on any atom is -0.493 e. The first-order valence-corrected chi connectivity index (χ1v) is 12.6. The van der Waals surface area contributed by atoms with Gasteiger partial charge in [0.05, 0.1) is 14.2 Å². The van der Waals surface area contributed by atoms with Crippen LogP contribution in [0.15, 0.2) is 12.1 Å². The van der Waals surface area contributed by atoms with Crippen LogP contribution in [0.4, 0.5) is 0 Å². The van der Waals surface area contributed by atoms with Crippen molar-refractivity contribution in [3.05, 3.63) is 23.3 Å². The molecular weight excluding hydrogens is 402 g/mol. The molecule has 3 aliphatic rings. The van der Waals surface area contributed by atoms with E-state index in [1.54, 1.807) is 14.2 Å². The fourth-order valence-corrected chi connectivity index (χ4v) is 6.01. The van der Waals surface area contributed by atoms with Crippen LogP contribution in [0.1, 0.15) is 56.6 Å². The van der Waals surface area contributed by atoms with Crippen molar-refractivity contribution in [3.63, 3.8) is 0 Å². The average Bonchev–Trinajstić information content (AvgIpc) is 2.86. The quantitative estimate of drug-likeness (QED) is 0.701. The number of nitrogens with zero attached hydrogens (tertiary/aromatic N) is 2. The minimum absolute atomic E-state index is 0.237. The highest BCUT2D eigenvalue weighted by Crippen LogP contribution is 2.36. The molecule has 0 bridgehead atoms. The number of piperidine rings is 2. The van der Waals surface area contributed by atoms with Gasteiger partial charge in [-0.15, -0.1) is 0 Å². The lowest BCUT2D eigenvalue weighted by atomic mass is 9.85. The van der Waals surface area contributed by atoms with Gasteiger partial charge in [-0.1, -0.05) is 6.92 Å². The van der Waals surface area contributed by atoms with Gasteiger partial charge in [-0.25, -0.2) is 0 Å². The van der Waals surface area contributed by atoms with Crippen LogP contribution in [0.5, 0.6) is 11.5 Å². The van der Waals surface area contributed by atoms with Gasteiger partial charge in [0.25, 0.3) is 0 Å². The Labute approximate surface area is 193 Å². The summed E-state index contributed by atoms with van der Waals surface area (Å²) in [4.78, 5) is 17.9. The molecule has 6 nitrogen and oxygen atoms in total. The molecular formula is C26H41N3O3. The second-order valence-electron chi connectivity index (χ2n) is 9.69. The van der Waals surface area contributed by atoms with Crippen molar-refractivity contribution in [1.29, 1.82) is 0 Å². The molecule has 4 rings (SSSR count). The molecule has 2 heterocycles. The summed E-state index contributed by atoms with van der Waals surface area (Å²) >= 11 is 0. The Morgan fingerprint density at radius 1 is 1.00 bits per heavy atom. The highest BCUT2D eigenvalue weighted by molar-refractivity contribution is 5.79. The Morgan fingerprint density at radius 2 is 1.66 bits per heavy atom. The van der Waals surface area contributed by atoms with E-state index in [-0.39, 0.29) is 5.92 Å². The molecule has 6 heteroatoms. The summed E-state index contributed by atoms with van der Waals surface area (Å²) in [5.41, 5.74) is 2.80. The van der Waals surface area contributed by atoms with Gasteiger partial charge in [-0.05, 0) is 94.3 Å². The second kappa shape index (κ2) is 10.9. The average molecular weight is 444 g/mol. The highest BCUT2D eigenvalue weighted by Gasteiger charge is 2.34. The van der Waals surface area contributed by atoms with E-state index in [2.05, 4.69) is 34.2 Å². The first kappa shape index (κ1) is 23.4. The maximum absolute atomic E-state index is 13.0. The van der Waals surface area contributed by atoms with Gasteiger partial charge in [-0.3, -0.25) is 9.69 Å². The number of amides is 1. The van der Waals surface area contributed by atoms with E-state index in [1.807, 2.05) is 0 Å². The van der Waals surface area contributed by atoms with E-state index >= 15 is 0 Å². The second-order valence-corrected chi connectivity index (χ2v) is 9.69. The van der Waals surface area contributed by atoms with E-state index in [0.29, 0.717) is 18.0 Å². The lowest BCUT2D eigenvalue weighted by Gasteiger charge is -2.44. The number of carbonyl (C=O) groups excluding carboxylic acids is 1. The number of ether oxygens (including phenoxy) is 2. The number of likely N-dealkylation sites (tertiary alicyclic amines) is 1. The molecule has 0 aromatic heterocycles. The fraction of sp³-hybridized carbons (Fsp3) is 0.731. The Morgan fingerprint density at radius 3 is 2.28 bits per heavy atom. The van der Waals surface area contributed by atoms with Gasteiger partial charge in [-0.2, -0.15) is 0 Å². The van der Waals surface area contributed by atoms with Crippen LogP contribution >= 0.6 is 0 Å². The molecule has 0 radical (unpaired) electrons. The van der Waals surface area contributed by atoms with Crippen molar-refractivity contribution in [3.8, 4) is 11.5 Å². The molecule has 1 amide bonds. The van der Waals surface area contributed by atoms with Crippen LogP contribution in [-0.2, 0) is 17.6 Å².